The van der Waals surface area contributed by atoms with E-state index in [9.17, 15) is 9.59 Å². The van der Waals surface area contributed by atoms with E-state index < -0.39 is 0 Å². The zero-order valence-corrected chi connectivity index (χ0v) is 9.01. The van der Waals surface area contributed by atoms with E-state index in [0.717, 1.165) is 19.4 Å². The molecule has 0 aromatic carbocycles. The number of hydrogen-bond donors (Lipinski definition) is 1. The summed E-state index contributed by atoms with van der Waals surface area (Å²) in [5.41, 5.74) is 0. The van der Waals surface area contributed by atoms with Crippen molar-refractivity contribution in [3.05, 3.63) is 0 Å². The summed E-state index contributed by atoms with van der Waals surface area (Å²) >= 11 is 5.29. The van der Waals surface area contributed by atoms with Gasteiger partial charge in [0.1, 0.15) is 5.88 Å². The highest BCUT2D eigenvalue weighted by atomic mass is 35.5. The third-order valence-electron chi connectivity index (χ3n) is 2.43. The van der Waals surface area contributed by atoms with Gasteiger partial charge in [-0.25, -0.2) is 0 Å². The molecule has 1 saturated heterocycles. The predicted molar refractivity (Wildman–Crippen MR) is 54.1 cm³/mol. The summed E-state index contributed by atoms with van der Waals surface area (Å²) in [6.45, 7) is 2.89. The van der Waals surface area contributed by atoms with Crippen LogP contribution in [0.5, 0.6) is 0 Å². The van der Waals surface area contributed by atoms with E-state index in [4.69, 9.17) is 11.6 Å². The first-order valence-corrected chi connectivity index (χ1v) is 5.30. The van der Waals surface area contributed by atoms with Crippen LogP contribution in [-0.4, -0.2) is 41.7 Å². The predicted octanol–water partition coefficient (Wildman–Crippen LogP) is 0.352. The van der Waals surface area contributed by atoms with E-state index >= 15 is 0 Å². The van der Waals surface area contributed by atoms with Crippen molar-refractivity contribution < 1.29 is 9.59 Å². The molecule has 4 nitrogen and oxygen atoms in total. The second-order valence-corrected chi connectivity index (χ2v) is 3.76. The number of likely N-dealkylation sites (tertiary alicyclic amines) is 1. The van der Waals surface area contributed by atoms with E-state index in [0.29, 0.717) is 6.04 Å². The molecule has 0 radical (unpaired) electrons. The van der Waals surface area contributed by atoms with Gasteiger partial charge in [0.2, 0.25) is 11.8 Å². The monoisotopic (exact) mass is 218 g/mol. The molecule has 0 saturated carbocycles. The Balaban J connectivity index is 2.31. The fraction of sp³-hybridized carbons (Fsp3) is 0.778. The van der Waals surface area contributed by atoms with Gasteiger partial charge >= 0.3 is 0 Å². The molecule has 0 bridgehead atoms. The van der Waals surface area contributed by atoms with Crippen LogP contribution < -0.4 is 5.32 Å². The SMILES string of the molecule is CC1CCCN1C(=O)CNC(=O)CCl. The first-order chi connectivity index (χ1) is 6.65. The minimum atomic E-state index is -0.299. The van der Waals surface area contributed by atoms with Crippen LogP contribution in [0, 0.1) is 0 Å². The molecule has 0 aromatic rings. The van der Waals surface area contributed by atoms with Crippen molar-refractivity contribution >= 4 is 23.4 Å². The van der Waals surface area contributed by atoms with Gasteiger partial charge in [0, 0.05) is 12.6 Å². The molecular formula is C9H15ClN2O2. The van der Waals surface area contributed by atoms with Gasteiger partial charge in [0.25, 0.3) is 0 Å². The molecule has 1 heterocycles. The number of carbonyl (C=O) groups excluding carboxylic acids is 2. The molecule has 1 unspecified atom stereocenters. The highest BCUT2D eigenvalue weighted by molar-refractivity contribution is 6.27. The fourth-order valence-corrected chi connectivity index (χ4v) is 1.72. The lowest BCUT2D eigenvalue weighted by molar-refractivity contribution is -0.132. The van der Waals surface area contributed by atoms with Crippen LogP contribution in [0.3, 0.4) is 0 Å². The summed E-state index contributed by atoms with van der Waals surface area (Å²) in [5.74, 6) is -0.414. The lowest BCUT2D eigenvalue weighted by atomic mass is 10.2. The zero-order valence-electron chi connectivity index (χ0n) is 8.25. The molecule has 0 spiro atoms. The van der Waals surface area contributed by atoms with Crippen LogP contribution in [-0.2, 0) is 9.59 Å². The number of alkyl halides is 1. The molecular weight excluding hydrogens is 204 g/mol. The van der Waals surface area contributed by atoms with Crippen LogP contribution in [0.25, 0.3) is 0 Å². The average molecular weight is 219 g/mol. The maximum Gasteiger partial charge on any atom is 0.242 e. The molecule has 1 aliphatic heterocycles. The van der Waals surface area contributed by atoms with Crippen LogP contribution in [0.1, 0.15) is 19.8 Å². The maximum atomic E-state index is 11.5. The minimum Gasteiger partial charge on any atom is -0.346 e. The van der Waals surface area contributed by atoms with Gasteiger partial charge in [0.15, 0.2) is 0 Å². The molecule has 1 N–H and O–H groups in total. The smallest absolute Gasteiger partial charge is 0.242 e. The molecule has 14 heavy (non-hydrogen) atoms. The molecule has 1 atom stereocenters. The summed E-state index contributed by atoms with van der Waals surface area (Å²) in [6.07, 6.45) is 2.10. The highest BCUT2D eigenvalue weighted by Gasteiger charge is 2.24. The topological polar surface area (TPSA) is 49.4 Å². The number of hydrogen-bond acceptors (Lipinski definition) is 2. The standard InChI is InChI=1S/C9H15ClN2O2/c1-7-3-2-4-12(7)9(14)6-11-8(13)5-10/h7H,2-6H2,1H3,(H,11,13). The van der Waals surface area contributed by atoms with E-state index in [1.165, 1.54) is 0 Å². The fourth-order valence-electron chi connectivity index (χ4n) is 1.63. The summed E-state index contributed by atoms with van der Waals surface area (Å²) in [7, 11) is 0. The van der Waals surface area contributed by atoms with Crippen molar-refractivity contribution in [1.29, 1.82) is 0 Å². The molecule has 2 amide bonds. The third-order valence-corrected chi connectivity index (χ3v) is 2.67. The van der Waals surface area contributed by atoms with Gasteiger partial charge in [-0.1, -0.05) is 0 Å². The van der Waals surface area contributed by atoms with Crippen molar-refractivity contribution in [2.24, 2.45) is 0 Å². The van der Waals surface area contributed by atoms with Gasteiger partial charge in [0.05, 0.1) is 6.54 Å². The Morgan fingerprint density at radius 3 is 2.79 bits per heavy atom. The Bertz CT molecular complexity index is 233. The van der Waals surface area contributed by atoms with Crippen molar-refractivity contribution in [2.75, 3.05) is 19.0 Å². The molecule has 5 heteroatoms. The lowest BCUT2D eigenvalue weighted by Gasteiger charge is -2.21. The van der Waals surface area contributed by atoms with Gasteiger partial charge in [-0.05, 0) is 19.8 Å². The van der Waals surface area contributed by atoms with Gasteiger partial charge in [-0.2, -0.15) is 0 Å². The summed E-state index contributed by atoms with van der Waals surface area (Å²) in [5, 5.41) is 2.47. The van der Waals surface area contributed by atoms with E-state index in [1.807, 2.05) is 6.92 Å². The zero-order chi connectivity index (χ0) is 10.6. The summed E-state index contributed by atoms with van der Waals surface area (Å²) < 4.78 is 0. The van der Waals surface area contributed by atoms with Crippen molar-refractivity contribution in [3.63, 3.8) is 0 Å². The van der Waals surface area contributed by atoms with Crippen LogP contribution in [0.2, 0.25) is 0 Å². The second kappa shape index (κ2) is 5.20. The lowest BCUT2D eigenvalue weighted by Crippen LogP contribution is -2.41. The van der Waals surface area contributed by atoms with E-state index in [2.05, 4.69) is 5.32 Å². The normalized spacial score (nSPS) is 21.0. The maximum absolute atomic E-state index is 11.5. The van der Waals surface area contributed by atoms with E-state index in [1.54, 1.807) is 4.90 Å². The minimum absolute atomic E-state index is 0.0199. The van der Waals surface area contributed by atoms with Crippen LogP contribution in [0.15, 0.2) is 0 Å². The van der Waals surface area contributed by atoms with Gasteiger partial charge < -0.3 is 10.2 Å². The first kappa shape index (κ1) is 11.3. The number of carbonyl (C=O) groups is 2. The van der Waals surface area contributed by atoms with E-state index in [-0.39, 0.29) is 24.2 Å². The number of nitrogens with zero attached hydrogens (tertiary/aromatic N) is 1. The number of amides is 2. The molecule has 80 valence electrons. The quantitative estimate of drug-likeness (QED) is 0.696. The van der Waals surface area contributed by atoms with Gasteiger partial charge in [-0.15, -0.1) is 11.6 Å². The third kappa shape index (κ3) is 2.87. The molecule has 0 aromatic heterocycles. The van der Waals surface area contributed by atoms with Crippen LogP contribution >= 0.6 is 11.6 Å². The first-order valence-electron chi connectivity index (χ1n) is 4.77. The molecule has 1 rings (SSSR count). The summed E-state index contributed by atoms with van der Waals surface area (Å²) in [6, 6.07) is 0.301. The highest BCUT2D eigenvalue weighted by Crippen LogP contribution is 2.15. The Morgan fingerprint density at radius 2 is 2.29 bits per heavy atom. The van der Waals surface area contributed by atoms with Gasteiger partial charge in [-0.3, -0.25) is 9.59 Å². The van der Waals surface area contributed by atoms with Crippen molar-refractivity contribution in [2.45, 2.75) is 25.8 Å². The Labute approximate surface area is 88.6 Å². The molecule has 0 aliphatic carbocycles. The largest absolute Gasteiger partial charge is 0.346 e. The van der Waals surface area contributed by atoms with Crippen molar-refractivity contribution in [3.8, 4) is 0 Å². The number of halogens is 1. The molecule has 1 aliphatic rings. The average Bonchev–Trinajstić information content (AvgIpc) is 2.60. The molecule has 1 fully saturated rings. The van der Waals surface area contributed by atoms with Crippen molar-refractivity contribution in [1.82, 2.24) is 10.2 Å². The number of nitrogens with one attached hydrogen (secondary N) is 1. The second-order valence-electron chi connectivity index (χ2n) is 3.49. The summed E-state index contributed by atoms with van der Waals surface area (Å²) in [4.78, 5) is 24.1. The Hall–Kier alpha value is -0.770. The Kier molecular flexibility index (Phi) is 4.20. The van der Waals surface area contributed by atoms with Crippen LogP contribution in [0.4, 0.5) is 0 Å². The Morgan fingerprint density at radius 1 is 1.57 bits per heavy atom. The number of rotatable bonds is 3.